The summed E-state index contributed by atoms with van der Waals surface area (Å²) in [6.45, 7) is 0. The van der Waals surface area contributed by atoms with Crippen molar-refractivity contribution in [1.29, 1.82) is 0 Å². The third kappa shape index (κ3) is 4.66. The van der Waals surface area contributed by atoms with Crippen LogP contribution >= 0.6 is 11.3 Å². The summed E-state index contributed by atoms with van der Waals surface area (Å²) in [5.41, 5.74) is 2.54. The van der Waals surface area contributed by atoms with Crippen LogP contribution in [-0.2, 0) is 22.4 Å². The fourth-order valence-corrected chi connectivity index (χ4v) is 4.09. The molecule has 0 aliphatic heterocycles. The van der Waals surface area contributed by atoms with Crippen molar-refractivity contribution >= 4 is 23.2 Å². The molecule has 0 spiro atoms. The fourth-order valence-electron chi connectivity index (χ4n) is 3.47. The Hall–Kier alpha value is -2.21. The van der Waals surface area contributed by atoms with E-state index in [4.69, 9.17) is 0 Å². The zero-order valence-electron chi connectivity index (χ0n) is 14.0. The van der Waals surface area contributed by atoms with E-state index in [1.54, 1.807) is 6.20 Å². The average Bonchev–Trinajstić information content (AvgIpc) is 3.13. The Balaban J connectivity index is 1.60. The highest BCUT2D eigenvalue weighted by Crippen LogP contribution is 2.34. The number of hydrogen-bond donors (Lipinski definition) is 2. The molecule has 0 saturated carbocycles. The van der Waals surface area contributed by atoms with Gasteiger partial charge in [0.25, 0.3) is 0 Å². The van der Waals surface area contributed by atoms with E-state index in [9.17, 15) is 14.7 Å². The average molecular weight is 358 g/mol. The largest absolute Gasteiger partial charge is 0.480 e. The van der Waals surface area contributed by atoms with Crippen molar-refractivity contribution in [3.8, 4) is 0 Å². The molecule has 1 aliphatic rings. The van der Waals surface area contributed by atoms with E-state index in [0.29, 0.717) is 12.8 Å². The smallest absolute Gasteiger partial charge is 0.326 e. The van der Waals surface area contributed by atoms with Gasteiger partial charge in [0.15, 0.2) is 0 Å². The number of nitrogens with zero attached hydrogens (tertiary/aromatic N) is 1. The number of hydrogen-bond acceptors (Lipinski definition) is 4. The van der Waals surface area contributed by atoms with E-state index >= 15 is 0 Å². The third-order valence-electron chi connectivity index (χ3n) is 4.70. The number of benzene rings is 1. The lowest BCUT2D eigenvalue weighted by Crippen LogP contribution is -2.42. The first kappa shape index (κ1) is 17.6. The second kappa shape index (κ2) is 8.25. The molecular weight excluding hydrogens is 336 g/mol. The summed E-state index contributed by atoms with van der Waals surface area (Å²) in [7, 11) is 0. The molecule has 0 bridgehead atoms. The standard InChI is InChI=1S/C19H22N2O3S/c22-17(8-9-18-20-10-11-25-18)21-16(19(23)24)12-14-6-3-5-13-4-1-2-7-15(13)14/h1-2,4,7,10-11,14,16H,3,5-6,8-9,12H2,(H,21,22)(H,23,24). The first-order valence-corrected chi connectivity index (χ1v) is 9.50. The van der Waals surface area contributed by atoms with E-state index in [1.165, 1.54) is 22.5 Å². The minimum Gasteiger partial charge on any atom is -0.480 e. The molecule has 2 aromatic rings. The molecule has 2 N–H and O–H groups in total. The molecule has 0 saturated heterocycles. The van der Waals surface area contributed by atoms with Crippen LogP contribution in [0.2, 0.25) is 0 Å². The predicted octanol–water partition coefficient (Wildman–Crippen LogP) is 3.16. The van der Waals surface area contributed by atoms with Gasteiger partial charge in [-0.2, -0.15) is 0 Å². The maximum absolute atomic E-state index is 12.1. The monoisotopic (exact) mass is 358 g/mol. The molecule has 3 rings (SSSR count). The Morgan fingerprint density at radius 3 is 2.96 bits per heavy atom. The number of rotatable bonds is 7. The van der Waals surface area contributed by atoms with Gasteiger partial charge in [0.2, 0.25) is 5.91 Å². The molecule has 6 heteroatoms. The molecule has 0 radical (unpaired) electrons. The SMILES string of the molecule is O=C(CCc1nccs1)NC(CC1CCCc2ccccc21)C(=O)O. The molecular formula is C19H22N2O3S. The lowest BCUT2D eigenvalue weighted by Gasteiger charge is -2.28. The van der Waals surface area contributed by atoms with Gasteiger partial charge in [-0.3, -0.25) is 4.79 Å². The maximum Gasteiger partial charge on any atom is 0.326 e. The molecule has 1 aromatic carbocycles. The van der Waals surface area contributed by atoms with E-state index in [-0.39, 0.29) is 18.2 Å². The Morgan fingerprint density at radius 2 is 2.20 bits per heavy atom. The van der Waals surface area contributed by atoms with Crippen molar-refractivity contribution in [3.05, 3.63) is 52.0 Å². The highest BCUT2D eigenvalue weighted by molar-refractivity contribution is 7.09. The second-order valence-corrected chi connectivity index (χ2v) is 7.39. The van der Waals surface area contributed by atoms with Gasteiger partial charge >= 0.3 is 5.97 Å². The topological polar surface area (TPSA) is 79.3 Å². The van der Waals surface area contributed by atoms with Crippen LogP contribution in [0.4, 0.5) is 0 Å². The third-order valence-corrected chi connectivity index (χ3v) is 5.54. The lowest BCUT2D eigenvalue weighted by atomic mass is 9.79. The molecule has 2 unspecified atom stereocenters. The van der Waals surface area contributed by atoms with Crippen molar-refractivity contribution in [1.82, 2.24) is 10.3 Å². The number of thiazole rings is 1. The Morgan fingerprint density at radius 1 is 1.36 bits per heavy atom. The Kier molecular flexibility index (Phi) is 5.81. The Labute approximate surface area is 151 Å². The van der Waals surface area contributed by atoms with Crippen molar-refractivity contribution in [2.24, 2.45) is 0 Å². The van der Waals surface area contributed by atoms with Crippen LogP contribution in [0.5, 0.6) is 0 Å². The zero-order valence-corrected chi connectivity index (χ0v) is 14.8. The number of carbonyl (C=O) groups is 2. The number of aliphatic carboxylic acids is 1. The number of fused-ring (bicyclic) bond motifs is 1. The minimum absolute atomic E-state index is 0.185. The van der Waals surface area contributed by atoms with Crippen LogP contribution in [0.15, 0.2) is 35.8 Å². The number of aromatic nitrogens is 1. The van der Waals surface area contributed by atoms with Gasteiger partial charge in [-0.1, -0.05) is 24.3 Å². The van der Waals surface area contributed by atoms with E-state index in [2.05, 4.69) is 22.4 Å². The fraction of sp³-hybridized carbons (Fsp3) is 0.421. The van der Waals surface area contributed by atoms with Gasteiger partial charge in [0, 0.05) is 24.4 Å². The number of nitrogens with one attached hydrogen (secondary N) is 1. The summed E-state index contributed by atoms with van der Waals surface area (Å²) >= 11 is 1.50. The van der Waals surface area contributed by atoms with Gasteiger partial charge < -0.3 is 10.4 Å². The van der Waals surface area contributed by atoms with Gasteiger partial charge in [0.1, 0.15) is 6.04 Å². The molecule has 2 atom stereocenters. The van der Waals surface area contributed by atoms with E-state index < -0.39 is 12.0 Å². The molecule has 1 aromatic heterocycles. The summed E-state index contributed by atoms with van der Waals surface area (Å²) in [6, 6.07) is 7.38. The number of carboxylic acid groups (broad SMARTS) is 1. The normalized spacial score (nSPS) is 17.5. The van der Waals surface area contributed by atoms with Crippen LogP contribution in [-0.4, -0.2) is 28.0 Å². The van der Waals surface area contributed by atoms with Gasteiger partial charge in [-0.05, 0) is 42.7 Å². The lowest BCUT2D eigenvalue weighted by molar-refractivity contribution is -0.142. The number of carbonyl (C=O) groups excluding carboxylic acids is 1. The van der Waals surface area contributed by atoms with Gasteiger partial charge in [0.05, 0.1) is 5.01 Å². The van der Waals surface area contributed by atoms with Gasteiger partial charge in [-0.25, -0.2) is 9.78 Å². The van der Waals surface area contributed by atoms with Crippen molar-refractivity contribution < 1.29 is 14.7 Å². The highest BCUT2D eigenvalue weighted by Gasteiger charge is 2.28. The quantitative estimate of drug-likeness (QED) is 0.797. The molecule has 132 valence electrons. The summed E-state index contributed by atoms with van der Waals surface area (Å²) in [5, 5.41) is 15.0. The molecule has 1 aliphatic carbocycles. The summed E-state index contributed by atoms with van der Waals surface area (Å²) in [4.78, 5) is 27.9. The van der Waals surface area contributed by atoms with Crippen LogP contribution in [0.25, 0.3) is 0 Å². The van der Waals surface area contributed by atoms with Crippen molar-refractivity contribution in [2.45, 2.75) is 50.5 Å². The van der Waals surface area contributed by atoms with Gasteiger partial charge in [-0.15, -0.1) is 11.3 Å². The number of amides is 1. The second-order valence-electron chi connectivity index (χ2n) is 6.41. The maximum atomic E-state index is 12.1. The Bertz CT molecular complexity index is 730. The molecule has 25 heavy (non-hydrogen) atoms. The van der Waals surface area contributed by atoms with E-state index in [0.717, 1.165) is 24.3 Å². The number of carboxylic acids is 1. The predicted molar refractivity (Wildman–Crippen MR) is 96.7 cm³/mol. The zero-order chi connectivity index (χ0) is 17.6. The first-order valence-electron chi connectivity index (χ1n) is 8.62. The summed E-state index contributed by atoms with van der Waals surface area (Å²) in [5.74, 6) is -1.01. The van der Waals surface area contributed by atoms with Crippen molar-refractivity contribution in [3.63, 3.8) is 0 Å². The minimum atomic E-state index is -0.967. The van der Waals surface area contributed by atoms with Crippen LogP contribution in [0.3, 0.4) is 0 Å². The molecule has 5 nitrogen and oxygen atoms in total. The van der Waals surface area contributed by atoms with Crippen LogP contribution in [0.1, 0.15) is 47.7 Å². The first-order chi connectivity index (χ1) is 12.1. The molecule has 0 fully saturated rings. The summed E-state index contributed by atoms with van der Waals surface area (Å²) < 4.78 is 0. The van der Waals surface area contributed by atoms with E-state index in [1.807, 2.05) is 17.5 Å². The van der Waals surface area contributed by atoms with Crippen molar-refractivity contribution in [2.75, 3.05) is 0 Å². The molecule has 1 heterocycles. The molecule has 1 amide bonds. The summed E-state index contributed by atoms with van der Waals surface area (Å²) in [6.07, 6.45) is 6.03. The van der Waals surface area contributed by atoms with Crippen LogP contribution < -0.4 is 5.32 Å². The van der Waals surface area contributed by atoms with Crippen LogP contribution in [0, 0.1) is 0 Å². The number of aryl methyl sites for hydroxylation is 2. The highest BCUT2D eigenvalue weighted by atomic mass is 32.1.